The van der Waals surface area contributed by atoms with E-state index >= 15 is 0 Å². The minimum Gasteiger partial charge on any atom is -0.295 e. The van der Waals surface area contributed by atoms with Crippen LogP contribution in [0.4, 0.5) is 0 Å². The lowest BCUT2D eigenvalue weighted by atomic mass is 9.98. The largest absolute Gasteiger partial charge is 0.328 e. The van der Waals surface area contributed by atoms with Gasteiger partial charge in [0.1, 0.15) is 0 Å². The van der Waals surface area contributed by atoms with Gasteiger partial charge in [0, 0.05) is 30.3 Å². The standard InChI is InChI=1S/C49H37N5O/c1-3-54-44-31-30-41(32-45(44)53(2)49(54)55)37-20-18-35(19-21-37)36-24-28-40(29-25-36)47-50-46(39-26-22-34(23-27-39)33-12-6-4-7-13-33)51-48(52-47)43-17-11-10-16-42(43)38-14-8-5-9-15-38/h4-32H,3H2,1-2H3. The molecule has 0 unspecified atom stereocenters. The predicted molar refractivity (Wildman–Crippen MR) is 224 cm³/mol. The van der Waals surface area contributed by atoms with Crippen molar-refractivity contribution in [3.05, 3.63) is 186 Å². The molecule has 7 aromatic carbocycles. The number of aryl methyl sites for hydroxylation is 2. The molecule has 9 aromatic rings. The highest BCUT2D eigenvalue weighted by atomic mass is 16.1. The summed E-state index contributed by atoms with van der Waals surface area (Å²) in [5.41, 5.74) is 13.5. The van der Waals surface area contributed by atoms with Crippen molar-refractivity contribution in [1.82, 2.24) is 24.1 Å². The van der Waals surface area contributed by atoms with Crippen molar-refractivity contribution in [3.8, 4) is 78.7 Å². The van der Waals surface area contributed by atoms with Crippen LogP contribution in [0.15, 0.2) is 181 Å². The van der Waals surface area contributed by atoms with Crippen LogP contribution in [-0.2, 0) is 13.6 Å². The molecule has 2 heterocycles. The normalized spacial score (nSPS) is 11.2. The molecule has 0 N–H and O–H groups in total. The number of benzene rings is 7. The fourth-order valence-corrected chi connectivity index (χ4v) is 7.30. The summed E-state index contributed by atoms with van der Waals surface area (Å²) >= 11 is 0. The number of rotatable bonds is 8. The highest BCUT2D eigenvalue weighted by molar-refractivity contribution is 5.84. The first kappa shape index (κ1) is 33.6. The molecular weight excluding hydrogens is 675 g/mol. The van der Waals surface area contributed by atoms with E-state index in [1.807, 2.05) is 38.2 Å². The Hall–Kier alpha value is -7.18. The quantitative estimate of drug-likeness (QED) is 0.157. The van der Waals surface area contributed by atoms with Gasteiger partial charge in [-0.15, -0.1) is 0 Å². The third-order valence-corrected chi connectivity index (χ3v) is 10.3. The molecule has 0 atom stereocenters. The average molecular weight is 712 g/mol. The molecule has 0 saturated heterocycles. The Morgan fingerprint density at radius 3 is 1.33 bits per heavy atom. The van der Waals surface area contributed by atoms with Gasteiger partial charge in [0.2, 0.25) is 0 Å². The summed E-state index contributed by atoms with van der Waals surface area (Å²) in [6, 6.07) is 60.6. The van der Waals surface area contributed by atoms with Gasteiger partial charge in [-0.2, -0.15) is 0 Å². The lowest BCUT2D eigenvalue weighted by molar-refractivity contribution is 0.712. The Labute approximate surface area is 319 Å². The van der Waals surface area contributed by atoms with Gasteiger partial charge in [-0.05, 0) is 63.6 Å². The summed E-state index contributed by atoms with van der Waals surface area (Å²) < 4.78 is 3.53. The van der Waals surface area contributed by atoms with Crippen LogP contribution in [0.25, 0.3) is 89.7 Å². The van der Waals surface area contributed by atoms with E-state index in [9.17, 15) is 4.79 Å². The summed E-state index contributed by atoms with van der Waals surface area (Å²) in [6.45, 7) is 2.64. The zero-order valence-electron chi connectivity index (χ0n) is 30.6. The predicted octanol–water partition coefficient (Wildman–Crippen LogP) is 11.2. The maximum absolute atomic E-state index is 12.7. The SMILES string of the molecule is CCn1c(=O)n(C)c2cc(-c3ccc(-c4ccc(-c5nc(-c6ccc(-c7ccccc7)cc6)nc(-c6ccccc6-c6ccccc6)n5)cc4)cc3)ccc21. The fraction of sp³-hybridized carbons (Fsp3) is 0.0612. The number of imidazole rings is 1. The maximum atomic E-state index is 12.7. The molecule has 0 saturated carbocycles. The number of hydrogen-bond donors (Lipinski definition) is 0. The summed E-state index contributed by atoms with van der Waals surface area (Å²) in [4.78, 5) is 27.9. The van der Waals surface area contributed by atoms with Crippen LogP contribution in [0.2, 0.25) is 0 Å². The molecule has 2 aromatic heterocycles. The molecule has 264 valence electrons. The van der Waals surface area contributed by atoms with E-state index in [2.05, 4.69) is 152 Å². The van der Waals surface area contributed by atoms with Crippen molar-refractivity contribution in [1.29, 1.82) is 0 Å². The van der Waals surface area contributed by atoms with Gasteiger partial charge in [0.05, 0.1) is 11.0 Å². The summed E-state index contributed by atoms with van der Waals surface area (Å²) in [7, 11) is 1.83. The lowest BCUT2D eigenvalue weighted by Gasteiger charge is -2.12. The molecule has 0 aliphatic carbocycles. The molecule has 0 bridgehead atoms. The van der Waals surface area contributed by atoms with Crippen LogP contribution in [0.3, 0.4) is 0 Å². The molecular formula is C49H37N5O. The molecule has 0 radical (unpaired) electrons. The lowest BCUT2D eigenvalue weighted by Crippen LogP contribution is -2.21. The van der Waals surface area contributed by atoms with E-state index in [0.717, 1.165) is 72.2 Å². The molecule has 0 amide bonds. The summed E-state index contributed by atoms with van der Waals surface area (Å²) in [6.07, 6.45) is 0. The van der Waals surface area contributed by atoms with E-state index in [0.29, 0.717) is 24.0 Å². The Morgan fingerprint density at radius 2 is 0.800 bits per heavy atom. The monoisotopic (exact) mass is 711 g/mol. The molecule has 0 fully saturated rings. The van der Waals surface area contributed by atoms with Gasteiger partial charge in [-0.3, -0.25) is 9.13 Å². The van der Waals surface area contributed by atoms with Crippen LogP contribution in [0.5, 0.6) is 0 Å². The molecule has 9 rings (SSSR count). The van der Waals surface area contributed by atoms with Crippen LogP contribution < -0.4 is 5.69 Å². The van der Waals surface area contributed by atoms with Crippen molar-refractivity contribution >= 4 is 11.0 Å². The number of hydrogen-bond acceptors (Lipinski definition) is 4. The van der Waals surface area contributed by atoms with Crippen LogP contribution >= 0.6 is 0 Å². The van der Waals surface area contributed by atoms with E-state index in [1.165, 1.54) is 0 Å². The van der Waals surface area contributed by atoms with Crippen molar-refractivity contribution < 1.29 is 0 Å². The van der Waals surface area contributed by atoms with Crippen molar-refractivity contribution in [2.45, 2.75) is 13.5 Å². The second-order valence-electron chi connectivity index (χ2n) is 13.6. The van der Waals surface area contributed by atoms with Crippen LogP contribution in [-0.4, -0.2) is 24.1 Å². The second-order valence-corrected chi connectivity index (χ2v) is 13.6. The van der Waals surface area contributed by atoms with Gasteiger partial charge < -0.3 is 0 Å². The molecule has 0 aliphatic heterocycles. The highest BCUT2D eigenvalue weighted by Crippen LogP contribution is 2.34. The Morgan fingerprint density at radius 1 is 0.400 bits per heavy atom. The Balaban J connectivity index is 1.06. The Bertz CT molecular complexity index is 2840. The van der Waals surface area contributed by atoms with Crippen molar-refractivity contribution in [3.63, 3.8) is 0 Å². The van der Waals surface area contributed by atoms with E-state index in [4.69, 9.17) is 15.0 Å². The van der Waals surface area contributed by atoms with Crippen LogP contribution in [0, 0.1) is 0 Å². The zero-order chi connectivity index (χ0) is 37.3. The van der Waals surface area contributed by atoms with E-state index in [1.54, 1.807) is 9.13 Å². The third kappa shape index (κ3) is 6.44. The zero-order valence-corrected chi connectivity index (χ0v) is 30.6. The van der Waals surface area contributed by atoms with Crippen molar-refractivity contribution in [2.24, 2.45) is 7.05 Å². The fourth-order valence-electron chi connectivity index (χ4n) is 7.30. The number of fused-ring (bicyclic) bond motifs is 1. The summed E-state index contributed by atoms with van der Waals surface area (Å²) in [5, 5.41) is 0. The van der Waals surface area contributed by atoms with E-state index in [-0.39, 0.29) is 5.69 Å². The first-order chi connectivity index (χ1) is 27.0. The van der Waals surface area contributed by atoms with Gasteiger partial charge in [0.15, 0.2) is 17.5 Å². The minimum atomic E-state index is 0.00699. The maximum Gasteiger partial charge on any atom is 0.328 e. The minimum absolute atomic E-state index is 0.00699. The first-order valence-corrected chi connectivity index (χ1v) is 18.5. The van der Waals surface area contributed by atoms with Gasteiger partial charge in [0.25, 0.3) is 0 Å². The van der Waals surface area contributed by atoms with Gasteiger partial charge in [-0.25, -0.2) is 19.7 Å². The third-order valence-electron chi connectivity index (χ3n) is 10.3. The smallest absolute Gasteiger partial charge is 0.295 e. The topological polar surface area (TPSA) is 65.6 Å². The second kappa shape index (κ2) is 14.3. The average Bonchev–Trinajstić information content (AvgIpc) is 3.51. The number of nitrogens with zero attached hydrogens (tertiary/aromatic N) is 5. The van der Waals surface area contributed by atoms with Crippen molar-refractivity contribution in [2.75, 3.05) is 0 Å². The first-order valence-electron chi connectivity index (χ1n) is 18.5. The van der Waals surface area contributed by atoms with Crippen LogP contribution in [0.1, 0.15) is 6.92 Å². The summed E-state index contributed by atoms with van der Waals surface area (Å²) in [5.74, 6) is 1.85. The highest BCUT2D eigenvalue weighted by Gasteiger charge is 2.16. The molecule has 0 spiro atoms. The molecule has 55 heavy (non-hydrogen) atoms. The molecule has 6 nitrogen and oxygen atoms in total. The molecule has 6 heteroatoms. The molecule has 0 aliphatic rings. The Kier molecular flexibility index (Phi) is 8.77. The number of aromatic nitrogens is 5. The van der Waals surface area contributed by atoms with Gasteiger partial charge in [-0.1, -0.05) is 164 Å². The van der Waals surface area contributed by atoms with Gasteiger partial charge >= 0.3 is 5.69 Å². The van der Waals surface area contributed by atoms with E-state index < -0.39 is 0 Å².